The monoisotopic (exact) mass is 435 g/mol. The van der Waals surface area contributed by atoms with E-state index in [0.717, 1.165) is 66.7 Å². The Labute approximate surface area is 190 Å². The molecule has 2 fully saturated rings. The number of hydrogen-bond acceptors (Lipinski definition) is 5. The number of ether oxygens (including phenoxy) is 3. The quantitative estimate of drug-likeness (QED) is 0.497. The second-order valence-electron chi connectivity index (χ2n) is 9.21. The first kappa shape index (κ1) is 21.1. The van der Waals surface area contributed by atoms with Crippen molar-refractivity contribution in [2.24, 2.45) is 5.92 Å². The van der Waals surface area contributed by atoms with Crippen LogP contribution < -0.4 is 14.4 Å². The molecule has 0 radical (unpaired) electrons. The highest BCUT2D eigenvalue weighted by molar-refractivity contribution is 5.83. The van der Waals surface area contributed by atoms with Crippen LogP contribution in [0.3, 0.4) is 0 Å². The Morgan fingerprint density at radius 2 is 1.94 bits per heavy atom. The van der Waals surface area contributed by atoms with E-state index >= 15 is 0 Å². The Kier molecular flexibility index (Phi) is 5.72. The SMILES string of the molecule is COc1cc(C)cc(C)c1-c1cccc2c(N(CC3CC3)CC3CCCO3)c(OC)nn12. The van der Waals surface area contributed by atoms with Crippen LogP contribution in [-0.4, -0.2) is 49.6 Å². The summed E-state index contributed by atoms with van der Waals surface area (Å²) in [6.07, 6.45) is 5.14. The van der Waals surface area contributed by atoms with E-state index in [1.54, 1.807) is 14.2 Å². The molecule has 3 heterocycles. The van der Waals surface area contributed by atoms with Gasteiger partial charge in [-0.3, -0.25) is 0 Å². The number of benzene rings is 1. The van der Waals surface area contributed by atoms with Crippen LogP contribution in [0, 0.1) is 19.8 Å². The summed E-state index contributed by atoms with van der Waals surface area (Å²) < 4.78 is 19.6. The number of pyridine rings is 1. The lowest BCUT2D eigenvalue weighted by Crippen LogP contribution is -2.34. The molecule has 1 atom stereocenters. The summed E-state index contributed by atoms with van der Waals surface area (Å²) >= 11 is 0. The molecule has 6 nitrogen and oxygen atoms in total. The van der Waals surface area contributed by atoms with Crippen molar-refractivity contribution in [1.82, 2.24) is 9.61 Å². The summed E-state index contributed by atoms with van der Waals surface area (Å²) in [5.74, 6) is 2.28. The molecule has 0 bridgehead atoms. The second-order valence-corrected chi connectivity index (χ2v) is 9.21. The van der Waals surface area contributed by atoms with Crippen LogP contribution in [0.15, 0.2) is 30.3 Å². The number of aryl methyl sites for hydroxylation is 2. The van der Waals surface area contributed by atoms with E-state index in [-0.39, 0.29) is 6.10 Å². The minimum Gasteiger partial charge on any atom is -0.496 e. The summed E-state index contributed by atoms with van der Waals surface area (Å²) in [5, 5.41) is 4.93. The molecular formula is C26H33N3O3. The van der Waals surface area contributed by atoms with Gasteiger partial charge < -0.3 is 19.1 Å². The molecule has 1 aromatic carbocycles. The van der Waals surface area contributed by atoms with E-state index in [4.69, 9.17) is 19.3 Å². The number of aromatic nitrogens is 2. The molecule has 5 rings (SSSR count). The molecule has 0 N–H and O–H groups in total. The summed E-state index contributed by atoms with van der Waals surface area (Å²) in [5.41, 5.74) is 6.54. The van der Waals surface area contributed by atoms with Crippen molar-refractivity contribution in [3.63, 3.8) is 0 Å². The van der Waals surface area contributed by atoms with E-state index in [1.807, 2.05) is 4.52 Å². The van der Waals surface area contributed by atoms with Gasteiger partial charge in [0.15, 0.2) is 0 Å². The van der Waals surface area contributed by atoms with Crippen LogP contribution in [0.5, 0.6) is 11.6 Å². The molecular weight excluding hydrogens is 402 g/mol. The summed E-state index contributed by atoms with van der Waals surface area (Å²) in [6, 6.07) is 10.6. The first-order valence-corrected chi connectivity index (χ1v) is 11.7. The number of hydrogen-bond donors (Lipinski definition) is 0. The van der Waals surface area contributed by atoms with Crippen LogP contribution in [0.25, 0.3) is 16.8 Å². The predicted molar refractivity (Wildman–Crippen MR) is 127 cm³/mol. The Morgan fingerprint density at radius 3 is 2.62 bits per heavy atom. The van der Waals surface area contributed by atoms with Gasteiger partial charge >= 0.3 is 0 Å². The topological polar surface area (TPSA) is 48.2 Å². The van der Waals surface area contributed by atoms with Gasteiger partial charge in [0, 0.05) is 25.3 Å². The first-order chi connectivity index (χ1) is 15.6. The van der Waals surface area contributed by atoms with Gasteiger partial charge in [-0.2, -0.15) is 0 Å². The van der Waals surface area contributed by atoms with Gasteiger partial charge in [-0.05, 0) is 74.8 Å². The molecule has 0 spiro atoms. The van der Waals surface area contributed by atoms with Crippen molar-refractivity contribution < 1.29 is 14.2 Å². The summed E-state index contributed by atoms with van der Waals surface area (Å²) in [6.45, 7) is 6.99. The van der Waals surface area contributed by atoms with Gasteiger partial charge in [0.05, 0.1) is 31.5 Å². The third-order valence-corrected chi connectivity index (χ3v) is 6.65. The number of methoxy groups -OCH3 is 2. The zero-order valence-corrected chi connectivity index (χ0v) is 19.6. The summed E-state index contributed by atoms with van der Waals surface area (Å²) in [7, 11) is 3.44. The van der Waals surface area contributed by atoms with E-state index in [1.165, 1.54) is 24.0 Å². The normalized spacial score (nSPS) is 18.3. The molecule has 1 saturated heterocycles. The Morgan fingerprint density at radius 1 is 1.09 bits per heavy atom. The molecule has 6 heteroatoms. The molecule has 3 aromatic rings. The predicted octanol–water partition coefficient (Wildman–Crippen LogP) is 5.03. The van der Waals surface area contributed by atoms with Gasteiger partial charge in [-0.1, -0.05) is 12.1 Å². The average molecular weight is 436 g/mol. The Bertz CT molecular complexity index is 1110. The van der Waals surface area contributed by atoms with E-state index < -0.39 is 0 Å². The second kappa shape index (κ2) is 8.66. The fraction of sp³-hybridized carbons (Fsp3) is 0.500. The van der Waals surface area contributed by atoms with Gasteiger partial charge in [-0.15, -0.1) is 5.10 Å². The first-order valence-electron chi connectivity index (χ1n) is 11.7. The maximum absolute atomic E-state index is 5.99. The molecule has 1 aliphatic heterocycles. The third-order valence-electron chi connectivity index (χ3n) is 6.65. The van der Waals surface area contributed by atoms with Gasteiger partial charge in [-0.25, -0.2) is 4.52 Å². The van der Waals surface area contributed by atoms with Crippen molar-refractivity contribution in [3.8, 4) is 22.9 Å². The fourth-order valence-electron chi connectivity index (χ4n) is 4.98. The Hall–Kier alpha value is -2.73. The highest BCUT2D eigenvalue weighted by atomic mass is 16.5. The molecule has 2 aromatic heterocycles. The van der Waals surface area contributed by atoms with Crippen LogP contribution in [0.2, 0.25) is 0 Å². The minimum atomic E-state index is 0.274. The van der Waals surface area contributed by atoms with Crippen LogP contribution in [0.1, 0.15) is 36.8 Å². The number of anilines is 1. The maximum Gasteiger partial charge on any atom is 0.257 e. The number of nitrogens with zero attached hydrogens (tertiary/aromatic N) is 3. The van der Waals surface area contributed by atoms with Crippen molar-refractivity contribution in [2.75, 3.05) is 38.8 Å². The highest BCUT2D eigenvalue weighted by Crippen LogP contribution is 2.41. The molecule has 32 heavy (non-hydrogen) atoms. The van der Waals surface area contributed by atoms with Crippen molar-refractivity contribution in [1.29, 1.82) is 0 Å². The standard InChI is InChI=1S/C26H33N3O3/c1-17-13-18(2)24(23(14-17)30-3)21-8-5-9-22-25(26(31-4)27-29(21)22)28(15-19-10-11-19)16-20-7-6-12-32-20/h5,8-9,13-14,19-20H,6-7,10-12,15-16H2,1-4H3. The lowest BCUT2D eigenvalue weighted by molar-refractivity contribution is 0.115. The maximum atomic E-state index is 5.99. The lowest BCUT2D eigenvalue weighted by Gasteiger charge is -2.27. The summed E-state index contributed by atoms with van der Waals surface area (Å²) in [4.78, 5) is 2.46. The van der Waals surface area contributed by atoms with E-state index in [2.05, 4.69) is 49.1 Å². The van der Waals surface area contributed by atoms with Crippen molar-refractivity contribution in [3.05, 3.63) is 41.5 Å². The number of fused-ring (bicyclic) bond motifs is 1. The molecule has 2 aliphatic rings. The van der Waals surface area contributed by atoms with Gasteiger partial charge in [0.25, 0.3) is 5.88 Å². The Balaban J connectivity index is 1.65. The van der Waals surface area contributed by atoms with Gasteiger partial charge in [0.1, 0.15) is 11.4 Å². The average Bonchev–Trinajstić information content (AvgIpc) is 3.29. The van der Waals surface area contributed by atoms with E-state index in [9.17, 15) is 0 Å². The fourth-order valence-corrected chi connectivity index (χ4v) is 4.98. The zero-order valence-electron chi connectivity index (χ0n) is 19.6. The third kappa shape index (κ3) is 3.92. The van der Waals surface area contributed by atoms with Gasteiger partial charge in [0.2, 0.25) is 0 Å². The molecule has 1 aliphatic carbocycles. The van der Waals surface area contributed by atoms with Crippen LogP contribution in [-0.2, 0) is 4.74 Å². The molecule has 1 saturated carbocycles. The largest absolute Gasteiger partial charge is 0.496 e. The highest BCUT2D eigenvalue weighted by Gasteiger charge is 2.31. The molecule has 1 unspecified atom stereocenters. The molecule has 0 amide bonds. The zero-order chi connectivity index (χ0) is 22.2. The number of rotatable bonds is 8. The van der Waals surface area contributed by atoms with E-state index in [0.29, 0.717) is 5.88 Å². The van der Waals surface area contributed by atoms with Crippen molar-refractivity contribution in [2.45, 2.75) is 45.6 Å². The lowest BCUT2D eigenvalue weighted by atomic mass is 10.0. The molecule has 170 valence electrons. The smallest absolute Gasteiger partial charge is 0.257 e. The van der Waals surface area contributed by atoms with Crippen molar-refractivity contribution >= 4 is 11.2 Å². The minimum absolute atomic E-state index is 0.274. The van der Waals surface area contributed by atoms with Crippen LogP contribution >= 0.6 is 0 Å². The van der Waals surface area contributed by atoms with Crippen LogP contribution in [0.4, 0.5) is 5.69 Å².